The van der Waals surface area contributed by atoms with E-state index in [0.29, 0.717) is 12.3 Å². The number of phenols is 1. The first-order valence-corrected chi connectivity index (χ1v) is 13.9. The Morgan fingerprint density at radius 3 is 2.13 bits per heavy atom. The number of aromatic hydroxyl groups is 1. The van der Waals surface area contributed by atoms with Gasteiger partial charge in [-0.3, -0.25) is 4.79 Å². The number of ether oxygens (including phenoxy) is 1. The molecule has 0 aliphatic heterocycles. The Morgan fingerprint density at radius 1 is 0.947 bits per heavy atom. The Hall–Kier alpha value is -3.11. The minimum absolute atomic E-state index is 0. The van der Waals surface area contributed by atoms with Gasteiger partial charge in [0.25, 0.3) is 5.91 Å². The van der Waals surface area contributed by atoms with Crippen LogP contribution in [0.1, 0.15) is 48.4 Å². The third kappa shape index (κ3) is 9.02. The lowest BCUT2D eigenvalue weighted by molar-refractivity contribution is 0.0976. The molecule has 3 rings (SSSR count). The average Bonchev–Trinajstić information content (AvgIpc) is 2.83. The molecule has 0 aromatic heterocycles. The van der Waals surface area contributed by atoms with Crippen LogP contribution in [0.15, 0.2) is 66.7 Å². The molecule has 4 N–H and O–H groups in total. The van der Waals surface area contributed by atoms with Crippen molar-refractivity contribution < 1.29 is 28.2 Å². The number of rotatable bonds is 11. The molecule has 0 aliphatic rings. The summed E-state index contributed by atoms with van der Waals surface area (Å²) >= 11 is 0. The molecule has 0 aliphatic carbocycles. The lowest BCUT2D eigenvalue weighted by atomic mass is 10.0. The van der Waals surface area contributed by atoms with Crippen molar-refractivity contribution in [1.29, 1.82) is 0 Å². The summed E-state index contributed by atoms with van der Waals surface area (Å²) in [5.74, 6) is -0.266. The van der Waals surface area contributed by atoms with Crippen LogP contribution in [0.4, 0.5) is 0 Å². The van der Waals surface area contributed by atoms with E-state index >= 15 is 0 Å². The lowest BCUT2D eigenvalue weighted by Gasteiger charge is -2.21. The molecule has 1 amide bonds. The molecule has 0 saturated heterocycles. The Labute approximate surface area is 230 Å². The van der Waals surface area contributed by atoms with E-state index in [1.807, 2.05) is 49.8 Å². The van der Waals surface area contributed by atoms with Crippen LogP contribution in [-0.4, -0.2) is 49.5 Å². The largest absolute Gasteiger partial charge is 0.508 e. The minimum atomic E-state index is -3.70. The second-order valence-corrected chi connectivity index (χ2v) is 11.1. The van der Waals surface area contributed by atoms with Crippen LogP contribution >= 0.6 is 12.4 Å². The zero-order chi connectivity index (χ0) is 27.2. The van der Waals surface area contributed by atoms with Crippen molar-refractivity contribution in [1.82, 2.24) is 10.0 Å². The topological polar surface area (TPSA) is 125 Å². The van der Waals surface area contributed by atoms with Gasteiger partial charge in [0.15, 0.2) is 0 Å². The Kier molecular flexibility index (Phi) is 11.1. The number of aliphatic hydroxyl groups is 1. The standard InChI is InChI=1S/C28H34N2O6S.ClH/c1-18(2)36-26-17-23(11-14-25(26)28(33)30-37(4,34)35)21-7-5-20(6-8-21)15-16-29-19(3)27(32)22-9-12-24(31)13-10-22;/h5-14,17-19,27,29,31-32H,15-16H2,1-4H3,(H,30,33);1H/t19-,27+;/m0./s1. The van der Waals surface area contributed by atoms with Crippen molar-refractivity contribution in [2.24, 2.45) is 0 Å². The normalized spacial score (nSPS) is 12.9. The third-order valence-electron chi connectivity index (χ3n) is 5.74. The van der Waals surface area contributed by atoms with Crippen LogP contribution in [0.5, 0.6) is 11.5 Å². The van der Waals surface area contributed by atoms with Crippen LogP contribution in [0.2, 0.25) is 0 Å². The first kappa shape index (κ1) is 31.1. The first-order valence-electron chi connectivity index (χ1n) is 12.1. The number of hydrogen-bond donors (Lipinski definition) is 4. The molecule has 0 saturated carbocycles. The van der Waals surface area contributed by atoms with E-state index in [1.54, 1.807) is 42.5 Å². The van der Waals surface area contributed by atoms with E-state index in [0.717, 1.165) is 34.9 Å². The molecule has 8 nitrogen and oxygen atoms in total. The number of aliphatic hydroxyl groups excluding tert-OH is 1. The molecule has 0 bridgehead atoms. The van der Waals surface area contributed by atoms with Gasteiger partial charge in [0.2, 0.25) is 10.0 Å². The zero-order valence-corrected chi connectivity index (χ0v) is 23.5. The number of carbonyl (C=O) groups is 1. The molecular formula is C28H35ClN2O6S. The maximum atomic E-state index is 12.4. The first-order chi connectivity index (χ1) is 17.4. The molecule has 0 radical (unpaired) electrons. The molecule has 0 spiro atoms. The van der Waals surface area contributed by atoms with E-state index < -0.39 is 22.0 Å². The number of amides is 1. The van der Waals surface area contributed by atoms with Crippen LogP contribution in [-0.2, 0) is 16.4 Å². The summed E-state index contributed by atoms with van der Waals surface area (Å²) in [7, 11) is -3.70. The molecular weight excluding hydrogens is 528 g/mol. The summed E-state index contributed by atoms with van der Waals surface area (Å²) in [4.78, 5) is 12.4. The Balaban J connectivity index is 0.00000507. The van der Waals surface area contributed by atoms with E-state index in [-0.39, 0.29) is 35.9 Å². The van der Waals surface area contributed by atoms with Gasteiger partial charge in [0, 0.05) is 6.04 Å². The highest BCUT2D eigenvalue weighted by atomic mass is 35.5. The minimum Gasteiger partial charge on any atom is -0.508 e. The summed E-state index contributed by atoms with van der Waals surface area (Å²) in [5, 5.41) is 23.3. The number of sulfonamides is 1. The summed E-state index contributed by atoms with van der Waals surface area (Å²) in [5.41, 5.74) is 3.76. The quantitative estimate of drug-likeness (QED) is 0.276. The summed E-state index contributed by atoms with van der Waals surface area (Å²) in [6.45, 7) is 6.25. The fourth-order valence-corrected chi connectivity index (χ4v) is 4.29. The SMILES string of the molecule is CC(C)Oc1cc(-c2ccc(CCN[C@@H](C)[C@@H](O)c3ccc(O)cc3)cc2)ccc1C(=O)NS(C)(=O)=O.Cl. The van der Waals surface area contributed by atoms with Gasteiger partial charge < -0.3 is 20.3 Å². The number of benzene rings is 3. The van der Waals surface area contributed by atoms with Crippen LogP contribution in [0.3, 0.4) is 0 Å². The van der Waals surface area contributed by atoms with Crippen molar-refractivity contribution in [3.8, 4) is 22.6 Å². The van der Waals surface area contributed by atoms with E-state index in [1.165, 1.54) is 0 Å². The molecule has 3 aromatic carbocycles. The van der Waals surface area contributed by atoms with Gasteiger partial charge in [0.05, 0.1) is 24.0 Å². The summed E-state index contributed by atoms with van der Waals surface area (Å²) in [6, 6.07) is 19.4. The maximum absolute atomic E-state index is 12.4. The van der Waals surface area contributed by atoms with Crippen LogP contribution < -0.4 is 14.8 Å². The van der Waals surface area contributed by atoms with Gasteiger partial charge in [-0.1, -0.05) is 42.5 Å². The number of phenolic OH excluding ortho intramolecular Hbond substituents is 1. The highest BCUT2D eigenvalue weighted by Gasteiger charge is 2.18. The third-order valence-corrected chi connectivity index (χ3v) is 6.30. The Morgan fingerprint density at radius 2 is 1.55 bits per heavy atom. The summed E-state index contributed by atoms with van der Waals surface area (Å²) < 4.78 is 30.8. The van der Waals surface area contributed by atoms with Gasteiger partial charge in [-0.25, -0.2) is 13.1 Å². The number of nitrogens with one attached hydrogen (secondary N) is 2. The van der Waals surface area contributed by atoms with Gasteiger partial charge >= 0.3 is 0 Å². The van der Waals surface area contributed by atoms with Crippen LogP contribution in [0, 0.1) is 0 Å². The van der Waals surface area contributed by atoms with E-state index in [2.05, 4.69) is 5.32 Å². The molecule has 3 aromatic rings. The second kappa shape index (κ2) is 13.6. The van der Waals surface area contributed by atoms with Gasteiger partial charge in [0.1, 0.15) is 11.5 Å². The van der Waals surface area contributed by atoms with Crippen molar-refractivity contribution in [3.63, 3.8) is 0 Å². The van der Waals surface area contributed by atoms with Crippen molar-refractivity contribution in [3.05, 3.63) is 83.4 Å². The van der Waals surface area contributed by atoms with Gasteiger partial charge in [-0.05, 0) is 80.3 Å². The fourth-order valence-electron chi connectivity index (χ4n) is 3.84. The van der Waals surface area contributed by atoms with Gasteiger partial charge in [-0.2, -0.15) is 0 Å². The van der Waals surface area contributed by atoms with Gasteiger partial charge in [-0.15, -0.1) is 12.4 Å². The molecule has 0 heterocycles. The van der Waals surface area contributed by atoms with Crippen LogP contribution in [0.25, 0.3) is 11.1 Å². The van der Waals surface area contributed by atoms with E-state index in [9.17, 15) is 23.4 Å². The van der Waals surface area contributed by atoms with Crippen molar-refractivity contribution >= 4 is 28.3 Å². The Bertz CT molecular complexity index is 1310. The molecule has 206 valence electrons. The highest BCUT2D eigenvalue weighted by Crippen LogP contribution is 2.29. The lowest BCUT2D eigenvalue weighted by Crippen LogP contribution is -2.33. The second-order valence-electron chi connectivity index (χ2n) is 9.31. The van der Waals surface area contributed by atoms with Crippen molar-refractivity contribution in [2.75, 3.05) is 12.8 Å². The smallest absolute Gasteiger partial charge is 0.268 e. The molecule has 38 heavy (non-hydrogen) atoms. The summed E-state index contributed by atoms with van der Waals surface area (Å²) in [6.07, 6.45) is 0.800. The molecule has 0 fully saturated rings. The monoisotopic (exact) mass is 562 g/mol. The molecule has 2 atom stereocenters. The zero-order valence-electron chi connectivity index (χ0n) is 21.8. The molecule has 0 unspecified atom stereocenters. The van der Waals surface area contributed by atoms with E-state index in [4.69, 9.17) is 4.74 Å². The van der Waals surface area contributed by atoms with Crippen molar-refractivity contribution in [2.45, 2.75) is 45.4 Å². The predicted octanol–water partition coefficient (Wildman–Crippen LogP) is 4.21. The maximum Gasteiger partial charge on any atom is 0.268 e. The average molecular weight is 563 g/mol. The number of hydrogen-bond acceptors (Lipinski definition) is 7. The predicted molar refractivity (Wildman–Crippen MR) is 151 cm³/mol. The highest BCUT2D eigenvalue weighted by molar-refractivity contribution is 7.89. The number of carbonyl (C=O) groups excluding carboxylic acids is 1. The fraction of sp³-hybridized carbons (Fsp3) is 0.321. The number of halogens is 1. The molecule has 10 heteroatoms.